The Morgan fingerprint density at radius 3 is 1.19 bits per heavy atom. The van der Waals surface area contributed by atoms with Gasteiger partial charge in [0.15, 0.2) is 0 Å². The first kappa shape index (κ1) is 65.3. The van der Waals surface area contributed by atoms with Crippen molar-refractivity contribution in [1.82, 2.24) is 5.32 Å². The van der Waals surface area contributed by atoms with E-state index in [0.29, 0.717) is 25.9 Å². The summed E-state index contributed by atoms with van der Waals surface area (Å²) in [6.45, 7) is 4.90. The van der Waals surface area contributed by atoms with Crippen molar-refractivity contribution in [3.63, 3.8) is 0 Å². The predicted octanol–water partition coefficient (Wildman–Crippen LogP) is 18.6. The molecule has 0 heterocycles. The molecular weight excluding hydrogens is 827 g/mol. The lowest BCUT2D eigenvalue weighted by Gasteiger charge is -2.22. The summed E-state index contributed by atoms with van der Waals surface area (Å²) in [5.41, 5.74) is 0. The van der Waals surface area contributed by atoms with Crippen molar-refractivity contribution in [2.75, 3.05) is 13.2 Å². The van der Waals surface area contributed by atoms with Gasteiger partial charge in [0.2, 0.25) is 5.91 Å². The van der Waals surface area contributed by atoms with E-state index in [0.717, 1.165) is 51.4 Å². The highest BCUT2D eigenvalue weighted by atomic mass is 16.5. The maximum absolute atomic E-state index is 12.5. The minimum absolute atomic E-state index is 0.00752. The monoisotopic (exact) mass is 944 g/mol. The highest BCUT2D eigenvalue weighted by Gasteiger charge is 2.20. The number of hydrogen-bond acceptors (Lipinski definition) is 5. The minimum Gasteiger partial charge on any atom is -0.466 e. The summed E-state index contributed by atoms with van der Waals surface area (Å²) in [4.78, 5) is 24.5. The van der Waals surface area contributed by atoms with Crippen LogP contribution in [0.3, 0.4) is 0 Å². The summed E-state index contributed by atoms with van der Waals surface area (Å²) in [7, 11) is 0. The Labute approximate surface area is 418 Å². The molecule has 0 bridgehead atoms. The molecule has 3 N–H and O–H groups in total. The quantitative estimate of drug-likeness (QED) is 0.0321. The van der Waals surface area contributed by atoms with E-state index in [2.05, 4.69) is 43.5 Å². The number of unbranched alkanes of at least 4 members (excludes halogenated alkanes) is 41. The Morgan fingerprint density at radius 1 is 0.418 bits per heavy atom. The fraction of sp³-hybridized carbons (Fsp3) is 0.902. The van der Waals surface area contributed by atoms with Gasteiger partial charge in [-0.1, -0.05) is 289 Å². The van der Waals surface area contributed by atoms with Gasteiger partial charge in [0.25, 0.3) is 0 Å². The number of carbonyl (C=O) groups excluding carboxylic acids is 2. The van der Waals surface area contributed by atoms with Crippen LogP contribution in [-0.2, 0) is 14.3 Å². The number of hydrogen-bond donors (Lipinski definition) is 3. The van der Waals surface area contributed by atoms with Crippen LogP contribution in [0.15, 0.2) is 24.3 Å². The van der Waals surface area contributed by atoms with Crippen molar-refractivity contribution in [3.8, 4) is 0 Å². The van der Waals surface area contributed by atoms with Gasteiger partial charge in [-0.05, 0) is 51.4 Å². The van der Waals surface area contributed by atoms with E-state index in [1.54, 1.807) is 0 Å². The van der Waals surface area contributed by atoms with Crippen molar-refractivity contribution < 1.29 is 24.5 Å². The summed E-state index contributed by atoms with van der Waals surface area (Å²) < 4.78 is 5.46. The van der Waals surface area contributed by atoms with E-state index < -0.39 is 12.1 Å². The van der Waals surface area contributed by atoms with Gasteiger partial charge in [-0.3, -0.25) is 9.59 Å². The zero-order chi connectivity index (χ0) is 48.6. The number of amides is 1. The van der Waals surface area contributed by atoms with Gasteiger partial charge in [-0.25, -0.2) is 0 Å². The van der Waals surface area contributed by atoms with E-state index >= 15 is 0 Å². The molecule has 0 saturated carbocycles. The molecule has 0 aromatic heterocycles. The number of allylic oxidation sites excluding steroid dienone is 4. The molecule has 0 aliphatic rings. The van der Waals surface area contributed by atoms with E-state index in [1.165, 1.54) is 244 Å². The Hall–Kier alpha value is -1.66. The number of nitrogens with one attached hydrogen (secondary N) is 1. The van der Waals surface area contributed by atoms with Crippen LogP contribution in [0.25, 0.3) is 0 Å². The fourth-order valence-electron chi connectivity index (χ4n) is 9.39. The second kappa shape index (κ2) is 56.9. The molecule has 1 amide bonds. The molecule has 0 fully saturated rings. The molecule has 0 spiro atoms. The largest absolute Gasteiger partial charge is 0.466 e. The molecule has 396 valence electrons. The predicted molar refractivity (Wildman–Crippen MR) is 292 cm³/mol. The second-order valence-corrected chi connectivity index (χ2v) is 20.7. The third kappa shape index (κ3) is 53.5. The standard InChI is InChI=1S/C61H117NO5/c1-3-5-7-9-11-13-15-17-18-19-20-23-26-30-33-37-41-45-49-53-59(64)58(57-63)62-60(65)54-50-46-42-38-34-31-27-24-21-22-25-28-32-36-40-44-48-52-56-67-61(66)55-51-47-43-39-35-29-16-14-12-10-8-6-4-2/h8,10,14,16,58-59,63-64H,3-7,9,11-13,15,17-57H2,1-2H3,(H,62,65)/b10-8-,16-14-. The zero-order valence-electron chi connectivity index (χ0n) is 45.1. The maximum Gasteiger partial charge on any atom is 0.305 e. The molecule has 0 aromatic carbocycles. The molecule has 0 aliphatic heterocycles. The highest BCUT2D eigenvalue weighted by Crippen LogP contribution is 2.18. The third-order valence-electron chi connectivity index (χ3n) is 14.0. The number of carbonyl (C=O) groups is 2. The normalized spacial score (nSPS) is 12.7. The molecule has 0 radical (unpaired) electrons. The number of aliphatic hydroxyl groups is 2. The van der Waals surface area contributed by atoms with Crippen LogP contribution >= 0.6 is 0 Å². The first-order chi connectivity index (χ1) is 33.0. The number of rotatable bonds is 56. The van der Waals surface area contributed by atoms with Crippen LogP contribution in [0.1, 0.15) is 328 Å². The molecule has 67 heavy (non-hydrogen) atoms. The molecule has 0 rings (SSSR count). The van der Waals surface area contributed by atoms with E-state index in [-0.39, 0.29) is 18.5 Å². The zero-order valence-corrected chi connectivity index (χ0v) is 45.1. The van der Waals surface area contributed by atoms with Crippen molar-refractivity contribution in [3.05, 3.63) is 24.3 Å². The van der Waals surface area contributed by atoms with E-state index in [1.807, 2.05) is 0 Å². The number of ether oxygens (including phenoxy) is 1. The fourth-order valence-corrected chi connectivity index (χ4v) is 9.39. The Bertz CT molecular complexity index is 1040. The Kier molecular flexibility index (Phi) is 55.5. The van der Waals surface area contributed by atoms with Gasteiger partial charge in [0.05, 0.1) is 25.4 Å². The lowest BCUT2D eigenvalue weighted by molar-refractivity contribution is -0.143. The van der Waals surface area contributed by atoms with Crippen LogP contribution < -0.4 is 5.32 Å². The minimum atomic E-state index is -0.668. The Morgan fingerprint density at radius 2 is 0.776 bits per heavy atom. The second-order valence-electron chi connectivity index (χ2n) is 20.7. The smallest absolute Gasteiger partial charge is 0.305 e. The molecule has 0 saturated heterocycles. The summed E-state index contributed by atoms with van der Waals surface area (Å²) >= 11 is 0. The lowest BCUT2D eigenvalue weighted by atomic mass is 10.0. The summed E-state index contributed by atoms with van der Waals surface area (Å²) in [5.74, 6) is -0.0441. The molecule has 6 heteroatoms. The molecule has 0 aliphatic carbocycles. The number of aliphatic hydroxyl groups excluding tert-OH is 2. The molecular formula is C61H117NO5. The van der Waals surface area contributed by atoms with Crippen molar-refractivity contribution in [2.24, 2.45) is 0 Å². The van der Waals surface area contributed by atoms with Gasteiger partial charge in [-0.2, -0.15) is 0 Å². The van der Waals surface area contributed by atoms with Gasteiger partial charge in [-0.15, -0.1) is 0 Å². The first-order valence-corrected chi connectivity index (χ1v) is 30.1. The SMILES string of the molecule is CCC/C=C\C/C=C\CCCCCCCC(=O)OCCCCCCCCCCCCCCCCCCCCC(=O)NC(CO)C(O)CCCCCCCCCCCCCCCCCCCCC. The van der Waals surface area contributed by atoms with Crippen LogP contribution in [0.2, 0.25) is 0 Å². The van der Waals surface area contributed by atoms with E-state index in [4.69, 9.17) is 4.74 Å². The molecule has 2 atom stereocenters. The highest BCUT2D eigenvalue weighted by molar-refractivity contribution is 5.76. The first-order valence-electron chi connectivity index (χ1n) is 30.1. The topological polar surface area (TPSA) is 95.9 Å². The van der Waals surface area contributed by atoms with Crippen LogP contribution in [-0.4, -0.2) is 47.4 Å². The van der Waals surface area contributed by atoms with Crippen molar-refractivity contribution in [2.45, 2.75) is 341 Å². The average molecular weight is 945 g/mol. The van der Waals surface area contributed by atoms with Crippen LogP contribution in [0.5, 0.6) is 0 Å². The molecule has 2 unspecified atom stereocenters. The molecule has 0 aromatic rings. The van der Waals surface area contributed by atoms with Crippen molar-refractivity contribution >= 4 is 11.9 Å². The maximum atomic E-state index is 12.5. The molecule has 6 nitrogen and oxygen atoms in total. The Balaban J connectivity index is 3.42. The van der Waals surface area contributed by atoms with Crippen molar-refractivity contribution in [1.29, 1.82) is 0 Å². The van der Waals surface area contributed by atoms with Gasteiger partial charge >= 0.3 is 5.97 Å². The van der Waals surface area contributed by atoms with Gasteiger partial charge in [0, 0.05) is 12.8 Å². The van der Waals surface area contributed by atoms with Gasteiger partial charge < -0.3 is 20.3 Å². The number of esters is 1. The van der Waals surface area contributed by atoms with Crippen LogP contribution in [0.4, 0.5) is 0 Å². The van der Waals surface area contributed by atoms with E-state index in [9.17, 15) is 19.8 Å². The summed E-state index contributed by atoms with van der Waals surface area (Å²) in [6.07, 6.45) is 68.9. The average Bonchev–Trinajstić information content (AvgIpc) is 3.33. The van der Waals surface area contributed by atoms with Crippen LogP contribution in [0, 0.1) is 0 Å². The summed E-state index contributed by atoms with van der Waals surface area (Å²) in [6, 6.07) is -0.545. The lowest BCUT2D eigenvalue weighted by Crippen LogP contribution is -2.45. The third-order valence-corrected chi connectivity index (χ3v) is 14.0. The summed E-state index contributed by atoms with van der Waals surface area (Å²) in [5, 5.41) is 23.3. The van der Waals surface area contributed by atoms with Gasteiger partial charge in [0.1, 0.15) is 0 Å².